The number of carbonyl (C=O) groups is 1. The SMILES string of the molecule is Cc1cc(OCc2nc(-c3cccc(C(F)(F)F)c3)n(-c3ccc(OC(C)C)cc3)n2)ccc1OCC(=O)O. The first-order chi connectivity index (χ1) is 18.5. The number of nitrogens with zero attached hydrogens (tertiary/aromatic N) is 3. The molecule has 4 rings (SSSR count). The molecule has 0 aliphatic rings. The molecule has 1 heterocycles. The Bertz CT molecular complexity index is 1450. The summed E-state index contributed by atoms with van der Waals surface area (Å²) in [5.74, 6) is 0.880. The van der Waals surface area contributed by atoms with Crippen LogP contribution in [-0.2, 0) is 17.6 Å². The van der Waals surface area contributed by atoms with E-state index in [1.54, 1.807) is 49.4 Å². The smallest absolute Gasteiger partial charge is 0.416 e. The zero-order valence-corrected chi connectivity index (χ0v) is 21.4. The summed E-state index contributed by atoms with van der Waals surface area (Å²) >= 11 is 0. The predicted molar refractivity (Wildman–Crippen MR) is 136 cm³/mol. The monoisotopic (exact) mass is 541 g/mol. The van der Waals surface area contributed by atoms with Gasteiger partial charge in [0.05, 0.1) is 17.4 Å². The molecule has 0 saturated heterocycles. The fourth-order valence-corrected chi connectivity index (χ4v) is 3.72. The maximum absolute atomic E-state index is 13.4. The largest absolute Gasteiger partial charge is 0.491 e. The van der Waals surface area contributed by atoms with Crippen molar-refractivity contribution < 1.29 is 37.3 Å². The van der Waals surface area contributed by atoms with E-state index in [-0.39, 0.29) is 29.9 Å². The molecule has 11 heteroatoms. The first-order valence-corrected chi connectivity index (χ1v) is 12.0. The fourth-order valence-electron chi connectivity index (χ4n) is 3.72. The highest BCUT2D eigenvalue weighted by Gasteiger charge is 2.31. The molecule has 8 nitrogen and oxygen atoms in total. The van der Waals surface area contributed by atoms with Gasteiger partial charge >= 0.3 is 12.1 Å². The maximum Gasteiger partial charge on any atom is 0.416 e. The van der Waals surface area contributed by atoms with Gasteiger partial charge in [0, 0.05) is 5.56 Å². The lowest BCUT2D eigenvalue weighted by Crippen LogP contribution is -2.10. The van der Waals surface area contributed by atoms with Gasteiger partial charge in [-0.2, -0.15) is 13.2 Å². The molecule has 0 saturated carbocycles. The zero-order valence-electron chi connectivity index (χ0n) is 21.4. The molecule has 0 bridgehead atoms. The third-order valence-corrected chi connectivity index (χ3v) is 5.42. The number of aryl methyl sites for hydroxylation is 1. The highest BCUT2D eigenvalue weighted by atomic mass is 19.4. The minimum atomic E-state index is -4.51. The van der Waals surface area contributed by atoms with E-state index in [0.717, 1.165) is 12.1 Å². The summed E-state index contributed by atoms with van der Waals surface area (Å²) in [5, 5.41) is 13.3. The van der Waals surface area contributed by atoms with Crippen LogP contribution in [0.4, 0.5) is 13.2 Å². The van der Waals surface area contributed by atoms with Gasteiger partial charge in [-0.25, -0.2) is 14.5 Å². The van der Waals surface area contributed by atoms with Crippen LogP contribution < -0.4 is 14.2 Å². The summed E-state index contributed by atoms with van der Waals surface area (Å²) in [6.07, 6.45) is -4.53. The molecule has 0 unspecified atom stereocenters. The Kier molecular flexibility index (Phi) is 8.08. The molecule has 1 aromatic heterocycles. The molecule has 0 aliphatic heterocycles. The van der Waals surface area contributed by atoms with Crippen molar-refractivity contribution in [2.24, 2.45) is 0 Å². The van der Waals surface area contributed by atoms with Gasteiger partial charge in [0.2, 0.25) is 0 Å². The topological polar surface area (TPSA) is 95.7 Å². The fraction of sp³-hybridized carbons (Fsp3) is 0.250. The quantitative estimate of drug-likeness (QED) is 0.260. The van der Waals surface area contributed by atoms with Gasteiger partial charge in [0.25, 0.3) is 0 Å². The number of rotatable bonds is 10. The van der Waals surface area contributed by atoms with Gasteiger partial charge in [0.15, 0.2) is 18.3 Å². The molecule has 0 amide bonds. The van der Waals surface area contributed by atoms with Crippen LogP contribution in [0.1, 0.15) is 30.8 Å². The summed E-state index contributed by atoms with van der Waals surface area (Å²) in [5.41, 5.74) is 0.684. The second-order valence-corrected chi connectivity index (χ2v) is 8.90. The Labute approximate surface area is 222 Å². The Hall–Kier alpha value is -4.54. The first-order valence-electron chi connectivity index (χ1n) is 12.0. The van der Waals surface area contributed by atoms with Crippen molar-refractivity contribution in [3.05, 3.63) is 83.7 Å². The normalized spacial score (nSPS) is 11.5. The van der Waals surface area contributed by atoms with E-state index < -0.39 is 24.3 Å². The molecule has 204 valence electrons. The molecule has 39 heavy (non-hydrogen) atoms. The van der Waals surface area contributed by atoms with Crippen LogP contribution in [0.2, 0.25) is 0 Å². The lowest BCUT2D eigenvalue weighted by atomic mass is 10.1. The Morgan fingerprint density at radius 3 is 2.36 bits per heavy atom. The third-order valence-electron chi connectivity index (χ3n) is 5.42. The number of ether oxygens (including phenoxy) is 3. The predicted octanol–water partition coefficient (Wildman–Crippen LogP) is 6.09. The van der Waals surface area contributed by atoms with Crippen LogP contribution in [0.5, 0.6) is 17.2 Å². The summed E-state index contributed by atoms with van der Waals surface area (Å²) in [7, 11) is 0. The molecule has 1 N–H and O–H groups in total. The molecule has 0 aliphatic carbocycles. The number of hydrogen-bond acceptors (Lipinski definition) is 6. The van der Waals surface area contributed by atoms with Crippen LogP contribution in [0.25, 0.3) is 17.1 Å². The molecule has 3 aromatic carbocycles. The Balaban J connectivity index is 1.63. The maximum atomic E-state index is 13.4. The van der Waals surface area contributed by atoms with E-state index >= 15 is 0 Å². The van der Waals surface area contributed by atoms with Gasteiger partial charge in [-0.3, -0.25) is 0 Å². The second-order valence-electron chi connectivity index (χ2n) is 8.90. The second kappa shape index (κ2) is 11.5. The van der Waals surface area contributed by atoms with Crippen molar-refractivity contribution in [2.45, 2.75) is 39.7 Å². The van der Waals surface area contributed by atoms with Crippen LogP contribution >= 0.6 is 0 Å². The van der Waals surface area contributed by atoms with Gasteiger partial charge < -0.3 is 19.3 Å². The number of carboxylic acids is 1. The van der Waals surface area contributed by atoms with E-state index in [9.17, 15) is 18.0 Å². The standard InChI is InChI=1S/C28H26F3N3O5/c1-17(2)39-22-9-7-21(8-10-22)34-27(19-5-4-6-20(14-19)28(29,30)31)32-25(33-34)15-37-23-11-12-24(18(3)13-23)38-16-26(35)36/h4-14,17H,15-16H2,1-3H3,(H,35,36). The molecule has 4 aromatic rings. The zero-order chi connectivity index (χ0) is 28.2. The average Bonchev–Trinajstić information content (AvgIpc) is 3.31. The van der Waals surface area contributed by atoms with Gasteiger partial charge in [0.1, 0.15) is 23.9 Å². The summed E-state index contributed by atoms with van der Waals surface area (Å²) in [6.45, 7) is 5.02. The molecular weight excluding hydrogens is 515 g/mol. The van der Waals surface area contributed by atoms with Crippen molar-refractivity contribution in [3.63, 3.8) is 0 Å². The van der Waals surface area contributed by atoms with Crippen molar-refractivity contribution in [3.8, 4) is 34.3 Å². The number of halogens is 3. The first kappa shape index (κ1) is 27.5. The van der Waals surface area contributed by atoms with Crippen molar-refractivity contribution in [1.82, 2.24) is 14.8 Å². The molecule has 0 fully saturated rings. The van der Waals surface area contributed by atoms with Crippen LogP contribution in [0, 0.1) is 6.92 Å². The van der Waals surface area contributed by atoms with E-state index in [0.29, 0.717) is 28.5 Å². The minimum absolute atomic E-state index is 0.0203. The van der Waals surface area contributed by atoms with Crippen molar-refractivity contribution in [1.29, 1.82) is 0 Å². The van der Waals surface area contributed by atoms with Gasteiger partial charge in [-0.05, 0) is 80.9 Å². The lowest BCUT2D eigenvalue weighted by molar-refractivity contribution is -0.139. The minimum Gasteiger partial charge on any atom is -0.491 e. The van der Waals surface area contributed by atoms with Crippen molar-refractivity contribution in [2.75, 3.05) is 6.61 Å². The van der Waals surface area contributed by atoms with Crippen molar-refractivity contribution >= 4 is 5.97 Å². The van der Waals surface area contributed by atoms with E-state index in [1.807, 2.05) is 13.8 Å². The Morgan fingerprint density at radius 2 is 1.72 bits per heavy atom. The van der Waals surface area contributed by atoms with Crippen LogP contribution in [0.15, 0.2) is 66.7 Å². The number of carboxylic acid groups (broad SMARTS) is 1. The number of hydrogen-bond donors (Lipinski definition) is 1. The number of benzene rings is 3. The molecular formula is C28H26F3N3O5. The van der Waals surface area contributed by atoms with E-state index in [4.69, 9.17) is 19.3 Å². The summed E-state index contributed by atoms with van der Waals surface area (Å²) in [4.78, 5) is 15.2. The van der Waals surface area contributed by atoms with Crippen LogP contribution in [0.3, 0.4) is 0 Å². The highest BCUT2D eigenvalue weighted by molar-refractivity contribution is 5.68. The van der Waals surface area contributed by atoms with E-state index in [1.165, 1.54) is 16.8 Å². The average molecular weight is 542 g/mol. The summed E-state index contributed by atoms with van der Waals surface area (Å²) in [6, 6.07) is 16.8. The number of aliphatic carboxylic acids is 1. The summed E-state index contributed by atoms with van der Waals surface area (Å²) < 4.78 is 58.4. The molecule has 0 atom stereocenters. The van der Waals surface area contributed by atoms with E-state index in [2.05, 4.69) is 10.1 Å². The number of aromatic nitrogens is 3. The highest BCUT2D eigenvalue weighted by Crippen LogP contribution is 2.33. The third kappa shape index (κ3) is 7.07. The molecule has 0 radical (unpaired) electrons. The Morgan fingerprint density at radius 1 is 1.00 bits per heavy atom. The van der Waals surface area contributed by atoms with Gasteiger partial charge in [-0.15, -0.1) is 5.10 Å². The lowest BCUT2D eigenvalue weighted by Gasteiger charge is -2.12. The van der Waals surface area contributed by atoms with Gasteiger partial charge in [-0.1, -0.05) is 12.1 Å². The molecule has 0 spiro atoms. The number of alkyl halides is 3. The van der Waals surface area contributed by atoms with Crippen LogP contribution in [-0.4, -0.2) is 38.6 Å².